The first-order chi connectivity index (χ1) is 20.1. The minimum absolute atomic E-state index is 0.151. The van der Waals surface area contributed by atoms with E-state index in [0.717, 1.165) is 47.7 Å². The third-order valence-electron chi connectivity index (χ3n) is 6.07. The molecule has 1 aromatic heterocycles. The number of esters is 2. The molecule has 43 heavy (non-hydrogen) atoms. The molecule has 0 aliphatic carbocycles. The van der Waals surface area contributed by atoms with Gasteiger partial charge in [-0.05, 0) is 64.1 Å². The van der Waals surface area contributed by atoms with Crippen LogP contribution >= 0.6 is 19.5 Å². The Morgan fingerprint density at radius 1 is 1.21 bits per heavy atom. The summed E-state index contributed by atoms with van der Waals surface area (Å²) in [5.74, 6) is -0.514. The van der Waals surface area contributed by atoms with Gasteiger partial charge < -0.3 is 18.7 Å². The van der Waals surface area contributed by atoms with Gasteiger partial charge in [0, 0.05) is 24.1 Å². The average Bonchev–Trinajstić information content (AvgIpc) is 3.15. The second kappa shape index (κ2) is 14.7. The number of thioether (sulfide) groups is 1. The van der Waals surface area contributed by atoms with Crippen molar-refractivity contribution < 1.29 is 41.8 Å². The van der Waals surface area contributed by atoms with Gasteiger partial charge in [-0.2, -0.15) is 5.09 Å². The third kappa shape index (κ3) is 9.26. The minimum atomic E-state index is -4.41. The zero-order chi connectivity index (χ0) is 31.9. The Bertz CT molecular complexity index is 1430. The number of carbonyl (C=O) groups excluding carboxylic acids is 2. The largest absolute Gasteiger partial charge is 0.462 e. The summed E-state index contributed by atoms with van der Waals surface area (Å²) in [5, 5.41) is 2.53. The molecule has 0 amide bonds. The monoisotopic (exact) mass is 645 g/mol. The number of nitrogens with zero attached hydrogens (tertiary/aromatic N) is 1. The van der Waals surface area contributed by atoms with E-state index in [4.69, 9.17) is 23.3 Å². The van der Waals surface area contributed by atoms with Gasteiger partial charge in [-0.25, -0.2) is 13.8 Å². The lowest BCUT2D eigenvalue weighted by Crippen LogP contribution is -2.46. The van der Waals surface area contributed by atoms with Crippen molar-refractivity contribution in [3.63, 3.8) is 0 Å². The molecule has 2 aromatic rings. The summed E-state index contributed by atoms with van der Waals surface area (Å²) in [7, 11) is -4.41. The van der Waals surface area contributed by atoms with Crippen molar-refractivity contribution in [1.29, 1.82) is 0 Å². The molecular formula is C27H37FN3O10PS. The Labute approximate surface area is 252 Å². The van der Waals surface area contributed by atoms with Crippen molar-refractivity contribution in [1.82, 2.24) is 14.6 Å². The van der Waals surface area contributed by atoms with Crippen LogP contribution in [0.1, 0.15) is 54.2 Å². The van der Waals surface area contributed by atoms with Gasteiger partial charge in [0.15, 0.2) is 18.0 Å². The molecule has 0 radical (unpaired) electrons. The molecule has 0 saturated carbocycles. The van der Waals surface area contributed by atoms with E-state index in [2.05, 4.69) is 12.0 Å². The van der Waals surface area contributed by atoms with Crippen LogP contribution in [-0.2, 0) is 32.9 Å². The van der Waals surface area contributed by atoms with Crippen LogP contribution in [0.5, 0.6) is 5.75 Å². The highest BCUT2D eigenvalue weighted by atomic mass is 32.2. The summed E-state index contributed by atoms with van der Waals surface area (Å²) < 4.78 is 58.5. The highest BCUT2D eigenvalue weighted by molar-refractivity contribution is 7.99. The molecule has 16 heteroatoms. The predicted octanol–water partition coefficient (Wildman–Crippen LogP) is 3.73. The van der Waals surface area contributed by atoms with Gasteiger partial charge in [0.1, 0.15) is 17.9 Å². The van der Waals surface area contributed by atoms with E-state index < -0.39 is 73.8 Å². The Balaban J connectivity index is 1.89. The number of aromatic nitrogens is 2. The number of H-pyrrole nitrogens is 1. The molecule has 0 bridgehead atoms. The number of hydrogen-bond donors (Lipinski definition) is 2. The molecule has 6 atom stereocenters. The summed E-state index contributed by atoms with van der Waals surface area (Å²) in [5.41, 5.74) is -4.17. The van der Waals surface area contributed by atoms with Gasteiger partial charge in [0.25, 0.3) is 5.56 Å². The number of carbonyl (C=O) groups is 2. The van der Waals surface area contributed by atoms with Crippen LogP contribution in [0.25, 0.3) is 0 Å². The molecule has 0 unspecified atom stereocenters. The standard InChI is InChI=1S/C27H37FN3O10PS/c1-7-14-43-20-10-8-19(9-11-20)41-42(36,30-17(4)24(34)38-16(2)3)37-15-21-23(39-18(5)32)27(6,28)25(40-21)31-13-12-22(33)29-26(31)35/h8-13,16-17,21,23,25H,7,14-15H2,1-6H3,(H,30,36)(H,29,33,35)/t17-,21+,23+,25+,27+,42-/m0/s1. The lowest BCUT2D eigenvalue weighted by Gasteiger charge is -2.28. The van der Waals surface area contributed by atoms with Gasteiger partial charge in [-0.15, -0.1) is 11.8 Å². The highest BCUT2D eigenvalue weighted by Crippen LogP contribution is 2.48. The smallest absolute Gasteiger partial charge is 0.459 e. The molecule has 3 rings (SSSR count). The average molecular weight is 646 g/mol. The molecule has 0 spiro atoms. The predicted molar refractivity (Wildman–Crippen MR) is 156 cm³/mol. The second-order valence-corrected chi connectivity index (χ2v) is 13.1. The lowest BCUT2D eigenvalue weighted by atomic mass is 9.98. The molecule has 2 heterocycles. The zero-order valence-electron chi connectivity index (χ0n) is 24.7. The fraction of sp³-hybridized carbons (Fsp3) is 0.556. The van der Waals surface area contributed by atoms with Gasteiger partial charge in [-0.1, -0.05) is 6.92 Å². The number of nitrogens with one attached hydrogen (secondary N) is 2. The number of alkyl halides is 1. The van der Waals surface area contributed by atoms with Gasteiger partial charge >= 0.3 is 25.4 Å². The maximum absolute atomic E-state index is 16.2. The number of hydrogen-bond acceptors (Lipinski definition) is 11. The van der Waals surface area contributed by atoms with E-state index in [-0.39, 0.29) is 5.75 Å². The number of ether oxygens (including phenoxy) is 3. The molecule has 1 saturated heterocycles. The summed E-state index contributed by atoms with van der Waals surface area (Å²) in [4.78, 5) is 51.3. The maximum Gasteiger partial charge on any atom is 0.459 e. The number of benzene rings is 1. The molecule has 238 valence electrons. The quantitative estimate of drug-likeness (QED) is 0.174. The lowest BCUT2D eigenvalue weighted by molar-refractivity contribution is -0.155. The van der Waals surface area contributed by atoms with Crippen LogP contribution in [0, 0.1) is 0 Å². The van der Waals surface area contributed by atoms with Crippen LogP contribution in [-0.4, -0.2) is 63.9 Å². The van der Waals surface area contributed by atoms with Crippen LogP contribution in [0.2, 0.25) is 0 Å². The normalized spacial score (nSPS) is 23.9. The van der Waals surface area contributed by atoms with Gasteiger partial charge in [0.2, 0.25) is 0 Å². The summed E-state index contributed by atoms with van der Waals surface area (Å²) in [6.45, 7) is 8.22. The highest BCUT2D eigenvalue weighted by Gasteiger charge is 2.58. The van der Waals surface area contributed by atoms with Crippen molar-refractivity contribution in [3.8, 4) is 5.75 Å². The van der Waals surface area contributed by atoms with E-state index in [9.17, 15) is 23.7 Å². The maximum atomic E-state index is 16.2. The first kappa shape index (κ1) is 34.5. The topological polar surface area (TPSA) is 164 Å². The number of aromatic amines is 1. The van der Waals surface area contributed by atoms with Crippen LogP contribution in [0.4, 0.5) is 4.39 Å². The second-order valence-electron chi connectivity index (χ2n) is 10.3. The Morgan fingerprint density at radius 3 is 2.47 bits per heavy atom. The summed E-state index contributed by atoms with van der Waals surface area (Å²) in [6.07, 6.45) is -3.10. The van der Waals surface area contributed by atoms with E-state index in [1.54, 1.807) is 49.9 Å². The molecule has 1 aliphatic heterocycles. The molecule has 1 fully saturated rings. The minimum Gasteiger partial charge on any atom is -0.462 e. The fourth-order valence-corrected chi connectivity index (χ4v) is 6.43. The van der Waals surface area contributed by atoms with E-state index in [1.165, 1.54) is 6.92 Å². The number of halogens is 1. The molecule has 1 aromatic carbocycles. The summed E-state index contributed by atoms with van der Waals surface area (Å²) >= 11 is 1.63. The van der Waals surface area contributed by atoms with E-state index in [1.807, 2.05) is 4.98 Å². The van der Waals surface area contributed by atoms with Gasteiger partial charge in [-0.3, -0.25) is 28.5 Å². The van der Waals surface area contributed by atoms with Crippen LogP contribution in [0.15, 0.2) is 51.0 Å². The van der Waals surface area contributed by atoms with Crippen LogP contribution in [0.3, 0.4) is 0 Å². The Hall–Kier alpha value is -2.97. The SMILES string of the molecule is CCCSc1ccc(O[P@](=O)(N[C@@H](C)C(=O)OC(C)C)OC[C@H]2O[C@@H](n3ccc(=O)[nH]c3=O)[C@](C)(F)[C@@H]2OC(C)=O)cc1. The Kier molecular flexibility index (Phi) is 11.8. The van der Waals surface area contributed by atoms with Crippen molar-refractivity contribution in [2.75, 3.05) is 12.4 Å². The zero-order valence-corrected chi connectivity index (χ0v) is 26.4. The van der Waals surface area contributed by atoms with E-state index >= 15 is 4.39 Å². The van der Waals surface area contributed by atoms with Crippen molar-refractivity contribution >= 4 is 31.4 Å². The fourth-order valence-electron chi connectivity index (χ4n) is 4.16. The third-order valence-corrected chi connectivity index (χ3v) is 8.93. The summed E-state index contributed by atoms with van der Waals surface area (Å²) in [6, 6.07) is 6.56. The molecule has 13 nitrogen and oxygen atoms in total. The molecule has 2 N–H and O–H groups in total. The van der Waals surface area contributed by atoms with Crippen molar-refractivity contribution in [2.24, 2.45) is 0 Å². The van der Waals surface area contributed by atoms with Crippen molar-refractivity contribution in [2.45, 2.75) is 89.1 Å². The van der Waals surface area contributed by atoms with Crippen molar-refractivity contribution in [3.05, 3.63) is 57.4 Å². The first-order valence-electron chi connectivity index (χ1n) is 13.6. The first-order valence-corrected chi connectivity index (χ1v) is 16.2. The molecule has 1 aliphatic rings. The van der Waals surface area contributed by atoms with E-state index in [0.29, 0.717) is 0 Å². The van der Waals surface area contributed by atoms with Crippen LogP contribution < -0.4 is 20.9 Å². The Morgan fingerprint density at radius 2 is 1.88 bits per heavy atom. The molecular weight excluding hydrogens is 608 g/mol. The van der Waals surface area contributed by atoms with Gasteiger partial charge in [0.05, 0.1) is 12.7 Å². The number of rotatable bonds is 14.